The number of hydrogen-bond donors (Lipinski definition) is 1. The van der Waals surface area contributed by atoms with Crippen molar-refractivity contribution in [3.8, 4) is 16.2 Å². The van der Waals surface area contributed by atoms with Gasteiger partial charge in [-0.1, -0.05) is 36.4 Å². The van der Waals surface area contributed by atoms with Crippen molar-refractivity contribution in [2.24, 2.45) is 0 Å². The lowest BCUT2D eigenvalue weighted by molar-refractivity contribution is 0.255. The summed E-state index contributed by atoms with van der Waals surface area (Å²) in [7, 11) is 3.63. The highest BCUT2D eigenvalue weighted by atomic mass is 32.1. The van der Waals surface area contributed by atoms with Crippen LogP contribution in [0.3, 0.4) is 0 Å². The lowest BCUT2D eigenvalue weighted by Gasteiger charge is -2.29. The van der Waals surface area contributed by atoms with E-state index in [9.17, 15) is 9.18 Å². The van der Waals surface area contributed by atoms with Crippen LogP contribution in [0.15, 0.2) is 83.8 Å². The molecule has 6 aromatic rings. The summed E-state index contributed by atoms with van der Waals surface area (Å²) >= 11 is 1.26. The number of ether oxygens (including phenoxy) is 1. The summed E-state index contributed by atoms with van der Waals surface area (Å²) in [6, 6.07) is 20.7. The highest BCUT2D eigenvalue weighted by Gasteiger charge is 2.28. The van der Waals surface area contributed by atoms with Crippen LogP contribution in [0.25, 0.3) is 31.6 Å². The topological polar surface area (TPSA) is 63.1 Å². The van der Waals surface area contributed by atoms with Crippen LogP contribution >= 0.6 is 11.3 Å². The maximum atomic E-state index is 15.9. The number of methoxy groups -OCH3 is 1. The van der Waals surface area contributed by atoms with Crippen molar-refractivity contribution in [1.82, 2.24) is 19.4 Å². The van der Waals surface area contributed by atoms with Crippen LogP contribution in [-0.4, -0.2) is 46.7 Å². The van der Waals surface area contributed by atoms with Gasteiger partial charge in [0.1, 0.15) is 34.0 Å². The van der Waals surface area contributed by atoms with Gasteiger partial charge in [-0.15, -0.1) is 11.3 Å². The standard InChI is InChI=1S/C34H30F2N4O2S/c1-39-15-13-21(14-16-39)20-7-9-22(10-8-20)30-18-24-26(36)19-40(34(41)32(24)43-30)31(25-17-23(35)11-12-29(25)42-2)33-37-27-5-3-4-6-28(27)38-33/h3-12,17-19,21,31H,13-16H2,1-2H3,(H,37,38). The third-order valence-electron chi connectivity index (χ3n) is 8.49. The Morgan fingerprint density at radius 2 is 1.79 bits per heavy atom. The molecule has 0 saturated carbocycles. The van der Waals surface area contributed by atoms with Crippen molar-refractivity contribution in [2.75, 3.05) is 27.2 Å². The SMILES string of the molecule is COc1ccc(F)cc1C(c1nc2ccccc2[nH]1)n1cc(F)c2cc(-c3ccc(C4CCN(C)CC4)cc3)sc2c1=O. The Morgan fingerprint density at radius 3 is 2.53 bits per heavy atom. The quantitative estimate of drug-likeness (QED) is 0.219. The maximum Gasteiger partial charge on any atom is 0.269 e. The maximum absolute atomic E-state index is 15.9. The Balaban J connectivity index is 1.34. The molecule has 6 nitrogen and oxygen atoms in total. The molecule has 1 N–H and O–H groups in total. The number of aromatic amines is 1. The minimum absolute atomic E-state index is 0.259. The molecule has 0 spiro atoms. The number of nitrogens with one attached hydrogen (secondary N) is 1. The van der Waals surface area contributed by atoms with E-state index in [1.54, 1.807) is 6.07 Å². The highest BCUT2D eigenvalue weighted by Crippen LogP contribution is 2.37. The number of pyridine rings is 1. The first kappa shape index (κ1) is 27.5. The second-order valence-corrected chi connectivity index (χ2v) is 12.2. The zero-order chi connectivity index (χ0) is 29.7. The van der Waals surface area contributed by atoms with E-state index < -0.39 is 23.2 Å². The predicted molar refractivity (Wildman–Crippen MR) is 167 cm³/mol. The fraction of sp³-hybridized carbons (Fsp3) is 0.235. The molecule has 3 aromatic heterocycles. The molecule has 1 aliphatic heterocycles. The van der Waals surface area contributed by atoms with E-state index in [1.807, 2.05) is 24.3 Å². The largest absolute Gasteiger partial charge is 0.496 e. The van der Waals surface area contributed by atoms with Crippen LogP contribution in [0, 0.1) is 11.6 Å². The Morgan fingerprint density at radius 1 is 1.02 bits per heavy atom. The Hall–Kier alpha value is -4.34. The summed E-state index contributed by atoms with van der Waals surface area (Å²) in [6.45, 7) is 2.18. The third kappa shape index (κ3) is 5.02. The predicted octanol–water partition coefficient (Wildman–Crippen LogP) is 7.34. The average Bonchev–Trinajstić information content (AvgIpc) is 3.66. The van der Waals surface area contributed by atoms with Gasteiger partial charge in [0.05, 0.1) is 18.1 Å². The first-order valence-electron chi connectivity index (χ1n) is 14.3. The number of halogens is 2. The lowest BCUT2D eigenvalue weighted by atomic mass is 9.89. The Bertz CT molecular complexity index is 1970. The number of piperidine rings is 1. The van der Waals surface area contributed by atoms with Gasteiger partial charge in [0.2, 0.25) is 0 Å². The van der Waals surface area contributed by atoms with Crippen LogP contribution in [-0.2, 0) is 0 Å². The van der Waals surface area contributed by atoms with Gasteiger partial charge in [0.15, 0.2) is 0 Å². The van der Waals surface area contributed by atoms with Gasteiger partial charge in [-0.3, -0.25) is 9.36 Å². The minimum Gasteiger partial charge on any atom is -0.496 e. The molecule has 9 heteroatoms. The molecular weight excluding hydrogens is 566 g/mol. The summed E-state index contributed by atoms with van der Waals surface area (Å²) < 4.78 is 37.6. The van der Waals surface area contributed by atoms with Gasteiger partial charge < -0.3 is 14.6 Å². The van der Waals surface area contributed by atoms with E-state index >= 15 is 4.39 Å². The Kier molecular flexibility index (Phi) is 7.07. The van der Waals surface area contributed by atoms with E-state index in [-0.39, 0.29) is 10.1 Å². The molecule has 1 unspecified atom stereocenters. The van der Waals surface area contributed by atoms with E-state index in [0.29, 0.717) is 28.6 Å². The van der Waals surface area contributed by atoms with Crippen molar-refractivity contribution in [2.45, 2.75) is 24.8 Å². The molecule has 0 amide bonds. The second kappa shape index (κ2) is 11.1. The van der Waals surface area contributed by atoms with Crippen LogP contribution in [0.4, 0.5) is 8.78 Å². The average molecular weight is 597 g/mol. The van der Waals surface area contributed by atoms with Gasteiger partial charge in [-0.25, -0.2) is 13.8 Å². The fourth-order valence-corrected chi connectivity index (χ4v) is 7.25. The summed E-state index contributed by atoms with van der Waals surface area (Å²) in [6.07, 6.45) is 3.45. The van der Waals surface area contributed by atoms with E-state index in [1.165, 1.54) is 53.0 Å². The first-order chi connectivity index (χ1) is 20.9. The summed E-state index contributed by atoms with van der Waals surface area (Å²) in [5.41, 5.74) is 3.62. The van der Waals surface area contributed by atoms with Gasteiger partial charge in [0, 0.05) is 22.0 Å². The number of nitrogens with zero attached hydrogens (tertiary/aromatic N) is 3. The molecule has 0 bridgehead atoms. The first-order valence-corrected chi connectivity index (χ1v) is 15.1. The van der Waals surface area contributed by atoms with Crippen LogP contribution in [0.2, 0.25) is 0 Å². The number of hydrogen-bond acceptors (Lipinski definition) is 5. The molecule has 7 rings (SSSR count). The zero-order valence-corrected chi connectivity index (χ0v) is 24.6. The Labute approximate surface area is 251 Å². The highest BCUT2D eigenvalue weighted by molar-refractivity contribution is 7.22. The molecule has 1 aliphatic rings. The van der Waals surface area contributed by atoms with Crippen LogP contribution in [0.1, 0.15) is 41.8 Å². The summed E-state index contributed by atoms with van der Waals surface area (Å²) in [5.74, 6) is 0.209. The summed E-state index contributed by atoms with van der Waals surface area (Å²) in [5, 5.41) is 0.259. The van der Waals surface area contributed by atoms with E-state index in [0.717, 1.165) is 41.9 Å². The van der Waals surface area contributed by atoms with Crippen molar-refractivity contribution in [1.29, 1.82) is 0 Å². The van der Waals surface area contributed by atoms with Crippen LogP contribution < -0.4 is 10.3 Å². The van der Waals surface area contributed by atoms with E-state index in [2.05, 4.69) is 41.2 Å². The van der Waals surface area contributed by atoms with Gasteiger partial charge in [-0.2, -0.15) is 0 Å². The number of H-pyrrole nitrogens is 1. The van der Waals surface area contributed by atoms with Gasteiger partial charge in [-0.05, 0) is 86.4 Å². The molecule has 4 heterocycles. The molecular formula is C34H30F2N4O2S. The second-order valence-electron chi connectivity index (χ2n) is 11.2. The lowest BCUT2D eigenvalue weighted by Crippen LogP contribution is -2.29. The normalized spacial score (nSPS) is 15.3. The van der Waals surface area contributed by atoms with Gasteiger partial charge in [0.25, 0.3) is 5.56 Å². The number of imidazole rings is 1. The molecule has 218 valence electrons. The molecule has 0 radical (unpaired) electrons. The number of thiophene rings is 1. The molecule has 1 saturated heterocycles. The van der Waals surface area contributed by atoms with Gasteiger partial charge >= 0.3 is 0 Å². The summed E-state index contributed by atoms with van der Waals surface area (Å²) in [4.78, 5) is 25.3. The van der Waals surface area contributed by atoms with Crippen molar-refractivity contribution >= 4 is 32.5 Å². The monoisotopic (exact) mass is 596 g/mol. The third-order valence-corrected chi connectivity index (χ3v) is 9.66. The molecule has 1 atom stereocenters. The van der Waals surface area contributed by atoms with Crippen LogP contribution in [0.5, 0.6) is 5.75 Å². The molecule has 0 aliphatic carbocycles. The number of para-hydroxylation sites is 2. The minimum atomic E-state index is -0.969. The number of rotatable bonds is 6. The number of fused-ring (bicyclic) bond motifs is 2. The number of aromatic nitrogens is 3. The molecule has 43 heavy (non-hydrogen) atoms. The van der Waals surface area contributed by atoms with Crippen molar-refractivity contribution in [3.63, 3.8) is 0 Å². The molecule has 1 fully saturated rings. The zero-order valence-electron chi connectivity index (χ0n) is 23.8. The van der Waals surface area contributed by atoms with Crippen molar-refractivity contribution in [3.05, 3.63) is 118 Å². The molecule has 3 aromatic carbocycles. The number of likely N-dealkylation sites (tertiary alicyclic amines) is 1. The van der Waals surface area contributed by atoms with Crippen molar-refractivity contribution < 1.29 is 13.5 Å². The number of benzene rings is 3. The smallest absolute Gasteiger partial charge is 0.269 e. The fourth-order valence-electron chi connectivity index (χ4n) is 6.14. The van der Waals surface area contributed by atoms with E-state index in [4.69, 9.17) is 9.72 Å².